The van der Waals surface area contributed by atoms with Gasteiger partial charge in [0.1, 0.15) is 11.4 Å². The molecule has 7 nitrogen and oxygen atoms in total. The Morgan fingerprint density at radius 3 is 2.25 bits per heavy atom. The number of sulfonamides is 1. The van der Waals surface area contributed by atoms with Crippen LogP contribution in [0.25, 0.3) is 32.8 Å². The highest BCUT2D eigenvalue weighted by atomic mass is 32.2. The van der Waals surface area contributed by atoms with Crippen LogP contribution in [0.4, 0.5) is 5.69 Å². The number of aromatic nitrogens is 1. The molecule has 0 bridgehead atoms. The fourth-order valence-electron chi connectivity index (χ4n) is 7.30. The van der Waals surface area contributed by atoms with Crippen LogP contribution in [0.2, 0.25) is 0 Å². The van der Waals surface area contributed by atoms with Gasteiger partial charge in [0.15, 0.2) is 0 Å². The van der Waals surface area contributed by atoms with Crippen molar-refractivity contribution in [1.82, 2.24) is 4.98 Å². The molecule has 1 aliphatic rings. The molecule has 2 heterocycles. The number of nitrogens with one attached hydrogen (secondary N) is 1. The predicted molar refractivity (Wildman–Crippen MR) is 192 cm³/mol. The molecule has 2 N–H and O–H groups in total. The number of fused-ring (bicyclic) bond motifs is 3. The van der Waals surface area contributed by atoms with Gasteiger partial charge in [-0.25, -0.2) is 13.2 Å². The summed E-state index contributed by atoms with van der Waals surface area (Å²) in [4.78, 5) is 16.1. The van der Waals surface area contributed by atoms with Gasteiger partial charge in [-0.1, -0.05) is 91.0 Å². The molecule has 48 heavy (non-hydrogen) atoms. The van der Waals surface area contributed by atoms with Crippen LogP contribution in [0.3, 0.4) is 0 Å². The van der Waals surface area contributed by atoms with E-state index in [2.05, 4.69) is 4.98 Å². The molecular weight excluding hydrogens is 621 g/mol. The summed E-state index contributed by atoms with van der Waals surface area (Å²) in [5, 5.41) is 13.2. The lowest BCUT2D eigenvalue weighted by atomic mass is 9.78. The number of H-pyrrole nitrogens is 1. The fourth-order valence-corrected chi connectivity index (χ4v) is 9.12. The number of hydrogen-bond acceptors (Lipinski definition) is 4. The Kier molecular flexibility index (Phi) is 7.84. The van der Waals surface area contributed by atoms with Gasteiger partial charge in [0, 0.05) is 21.9 Å². The van der Waals surface area contributed by atoms with E-state index in [1.54, 1.807) is 30.3 Å². The molecule has 242 valence electrons. The number of benzene rings is 5. The third kappa shape index (κ3) is 5.13. The highest BCUT2D eigenvalue weighted by Crippen LogP contribution is 2.51. The summed E-state index contributed by atoms with van der Waals surface area (Å²) in [6.07, 6.45) is 1.08. The lowest BCUT2D eigenvalue weighted by Gasteiger charge is -2.46. The Labute approximate surface area is 280 Å². The minimum atomic E-state index is -3.99. The molecule has 5 aromatic carbocycles. The van der Waals surface area contributed by atoms with Crippen LogP contribution in [-0.2, 0) is 16.4 Å². The number of allylic oxidation sites excluding steroid dienone is 1. The highest BCUT2D eigenvalue weighted by Gasteiger charge is 2.46. The average molecular weight is 657 g/mol. The van der Waals surface area contributed by atoms with Crippen molar-refractivity contribution in [2.75, 3.05) is 10.9 Å². The van der Waals surface area contributed by atoms with Crippen molar-refractivity contribution in [2.45, 2.75) is 44.0 Å². The Bertz CT molecular complexity index is 2330. The number of hydrogen-bond donors (Lipinski definition) is 2. The summed E-state index contributed by atoms with van der Waals surface area (Å²) < 4.78 is 36.5. The Morgan fingerprint density at radius 2 is 1.46 bits per heavy atom. The molecule has 1 aliphatic heterocycles. The summed E-state index contributed by atoms with van der Waals surface area (Å²) in [5.41, 5.74) is 4.35. The summed E-state index contributed by atoms with van der Waals surface area (Å²) >= 11 is 0. The number of aromatic carboxylic acids is 1. The third-order valence-electron chi connectivity index (χ3n) is 9.31. The first-order chi connectivity index (χ1) is 23.1. The van der Waals surface area contributed by atoms with Crippen molar-refractivity contribution in [2.24, 2.45) is 0 Å². The molecule has 6 aromatic rings. The first-order valence-electron chi connectivity index (χ1n) is 16.0. The number of anilines is 1. The van der Waals surface area contributed by atoms with Crippen molar-refractivity contribution in [3.05, 3.63) is 138 Å². The van der Waals surface area contributed by atoms with Crippen molar-refractivity contribution >= 4 is 54.5 Å². The molecular formula is C40H36N2O5S. The number of carboxylic acids is 1. The minimum Gasteiger partial charge on any atom is -0.493 e. The quantitative estimate of drug-likeness (QED) is 0.151. The zero-order chi connectivity index (χ0) is 33.6. The van der Waals surface area contributed by atoms with Gasteiger partial charge >= 0.3 is 5.97 Å². The number of rotatable bonds is 9. The van der Waals surface area contributed by atoms with Gasteiger partial charge in [-0.05, 0) is 80.0 Å². The summed E-state index contributed by atoms with van der Waals surface area (Å²) in [6.45, 7) is 6.25. The Hall–Kier alpha value is -5.34. The molecule has 0 saturated heterocycles. The number of carboxylic acid groups (broad SMARTS) is 1. The van der Waals surface area contributed by atoms with E-state index in [4.69, 9.17) is 4.74 Å². The van der Waals surface area contributed by atoms with E-state index in [1.807, 2.05) is 106 Å². The van der Waals surface area contributed by atoms with E-state index in [-0.39, 0.29) is 10.6 Å². The molecule has 8 heteroatoms. The molecule has 0 fully saturated rings. The van der Waals surface area contributed by atoms with E-state index < -0.39 is 21.5 Å². The predicted octanol–water partition coefficient (Wildman–Crippen LogP) is 8.95. The number of nitrogens with zero attached hydrogens (tertiary/aromatic N) is 1. The van der Waals surface area contributed by atoms with Crippen molar-refractivity contribution < 1.29 is 23.1 Å². The van der Waals surface area contributed by atoms with Gasteiger partial charge in [-0.3, -0.25) is 4.31 Å². The lowest BCUT2D eigenvalue weighted by molar-refractivity contribution is 0.0690. The molecule has 0 amide bonds. The molecule has 0 saturated carbocycles. The first-order valence-corrected chi connectivity index (χ1v) is 17.4. The van der Waals surface area contributed by atoms with Crippen LogP contribution in [0.15, 0.2) is 120 Å². The lowest BCUT2D eigenvalue weighted by Crippen LogP contribution is -2.51. The molecule has 1 aromatic heterocycles. The van der Waals surface area contributed by atoms with Crippen LogP contribution >= 0.6 is 0 Å². The first kappa shape index (κ1) is 31.3. The average Bonchev–Trinajstić information content (AvgIpc) is 3.46. The smallest absolute Gasteiger partial charge is 0.352 e. The Morgan fingerprint density at radius 1 is 0.812 bits per heavy atom. The summed E-state index contributed by atoms with van der Waals surface area (Å²) in [6, 6.07) is 35.8. The summed E-state index contributed by atoms with van der Waals surface area (Å²) in [5.74, 6) is -0.251. The van der Waals surface area contributed by atoms with E-state index in [9.17, 15) is 18.3 Å². The van der Waals surface area contributed by atoms with Crippen LogP contribution in [0.5, 0.6) is 5.75 Å². The van der Waals surface area contributed by atoms with Crippen LogP contribution in [0, 0.1) is 0 Å². The van der Waals surface area contributed by atoms with Crippen LogP contribution < -0.4 is 9.04 Å². The molecule has 0 atom stereocenters. The van der Waals surface area contributed by atoms with Gasteiger partial charge in [0.05, 0.1) is 28.2 Å². The number of para-hydroxylation sites is 2. The number of carbonyl (C=O) groups is 1. The molecule has 0 aliphatic carbocycles. The zero-order valence-corrected chi connectivity index (χ0v) is 27.8. The van der Waals surface area contributed by atoms with Gasteiger partial charge in [0.2, 0.25) is 0 Å². The maximum atomic E-state index is 14.4. The maximum Gasteiger partial charge on any atom is 0.352 e. The summed E-state index contributed by atoms with van der Waals surface area (Å²) in [7, 11) is -3.99. The monoisotopic (exact) mass is 656 g/mol. The largest absolute Gasteiger partial charge is 0.493 e. The number of aryl methyl sites for hydroxylation is 1. The normalized spacial score (nSPS) is 14.4. The van der Waals surface area contributed by atoms with E-state index >= 15 is 0 Å². The Balaban J connectivity index is 1.29. The van der Waals surface area contributed by atoms with Gasteiger partial charge in [0.25, 0.3) is 10.0 Å². The third-order valence-corrected chi connectivity index (χ3v) is 11.3. The van der Waals surface area contributed by atoms with Crippen molar-refractivity contribution in [3.8, 4) is 5.75 Å². The second-order valence-corrected chi connectivity index (χ2v) is 14.4. The van der Waals surface area contributed by atoms with Crippen molar-refractivity contribution in [1.29, 1.82) is 0 Å². The van der Waals surface area contributed by atoms with Gasteiger partial charge in [-0.2, -0.15) is 0 Å². The highest BCUT2D eigenvalue weighted by molar-refractivity contribution is 7.93. The standard InChI is InChI=1S/C40H36N2O5S/c1-26-29-18-9-10-23-34(29)42(48(45,46)28-16-5-4-6-17-28)40(2,3)36(26)33-21-12-20-31-32(38(39(43)44)41-37(31)33)22-13-25-47-35-24-11-15-27-14-7-8-19-30(27)35/h4-12,14-21,23-24,41H,13,22,25H2,1-3H3,(H,43,44). The second-order valence-electron chi connectivity index (χ2n) is 12.6. The number of ether oxygens (including phenoxy) is 1. The maximum absolute atomic E-state index is 14.4. The fraction of sp³-hybridized carbons (Fsp3) is 0.175. The molecule has 7 rings (SSSR count). The molecule has 0 spiro atoms. The zero-order valence-electron chi connectivity index (χ0n) is 27.0. The van der Waals surface area contributed by atoms with E-state index in [1.165, 1.54) is 4.31 Å². The topological polar surface area (TPSA) is 99.7 Å². The van der Waals surface area contributed by atoms with Gasteiger partial charge in [-0.15, -0.1) is 0 Å². The minimum absolute atomic E-state index is 0.128. The number of aromatic amines is 1. The SMILES string of the molecule is CC1=C(c2cccc3c(CCCOc4cccc5ccccc45)c(C(=O)O)[nH]c23)C(C)(C)N(S(=O)(=O)c2ccccc2)c2ccccc21. The molecule has 0 unspecified atom stereocenters. The van der Waals surface area contributed by atoms with Crippen LogP contribution in [0.1, 0.15) is 54.4 Å². The van der Waals surface area contributed by atoms with E-state index in [0.717, 1.165) is 44.2 Å². The van der Waals surface area contributed by atoms with Crippen LogP contribution in [-0.4, -0.2) is 36.6 Å². The van der Waals surface area contributed by atoms with Crippen molar-refractivity contribution in [3.63, 3.8) is 0 Å². The van der Waals surface area contributed by atoms with Gasteiger partial charge < -0.3 is 14.8 Å². The van der Waals surface area contributed by atoms with E-state index in [0.29, 0.717) is 36.2 Å². The molecule has 0 radical (unpaired) electrons. The second kappa shape index (κ2) is 12.0.